The summed E-state index contributed by atoms with van der Waals surface area (Å²) in [6.45, 7) is 5.88. The monoisotopic (exact) mass is 374 g/mol. The van der Waals surface area contributed by atoms with Crippen molar-refractivity contribution in [3.63, 3.8) is 0 Å². The van der Waals surface area contributed by atoms with Crippen molar-refractivity contribution in [1.29, 1.82) is 0 Å². The molecule has 2 atom stereocenters. The normalized spacial score (nSPS) is 20.0. The van der Waals surface area contributed by atoms with Crippen LogP contribution < -0.4 is 4.90 Å². The van der Waals surface area contributed by atoms with Gasteiger partial charge < -0.3 is 14.6 Å². The SMILES string of the molecule is C[C@@H]1CN(c2ccc3ncc(-c4ccc(-c5ncc[nH]5)cc4)n3n2)C[C@H](C)O1. The molecule has 5 rings (SSSR count). The number of nitrogens with zero attached hydrogens (tertiary/aromatic N) is 5. The van der Waals surface area contributed by atoms with Crippen LogP contribution in [0.2, 0.25) is 0 Å². The Labute approximate surface area is 163 Å². The van der Waals surface area contributed by atoms with Crippen molar-refractivity contribution in [3.05, 3.63) is 55.0 Å². The minimum absolute atomic E-state index is 0.192. The minimum Gasteiger partial charge on any atom is -0.372 e. The van der Waals surface area contributed by atoms with Crippen LogP contribution in [0.4, 0.5) is 5.82 Å². The topological polar surface area (TPSA) is 71.3 Å². The van der Waals surface area contributed by atoms with E-state index >= 15 is 0 Å². The Bertz CT molecular complexity index is 1080. The highest BCUT2D eigenvalue weighted by Gasteiger charge is 2.23. The summed E-state index contributed by atoms with van der Waals surface area (Å²) in [5.74, 6) is 1.81. The van der Waals surface area contributed by atoms with Crippen LogP contribution in [0, 0.1) is 0 Å². The third-order valence-electron chi connectivity index (χ3n) is 5.04. The first-order valence-corrected chi connectivity index (χ1v) is 9.53. The van der Waals surface area contributed by atoms with Crippen molar-refractivity contribution in [1.82, 2.24) is 24.6 Å². The summed E-state index contributed by atoms with van der Waals surface area (Å²) < 4.78 is 7.77. The molecule has 0 radical (unpaired) electrons. The summed E-state index contributed by atoms with van der Waals surface area (Å²) in [7, 11) is 0. The molecule has 0 amide bonds. The van der Waals surface area contributed by atoms with Crippen LogP contribution in [0.15, 0.2) is 55.0 Å². The quantitative estimate of drug-likeness (QED) is 0.595. The summed E-state index contributed by atoms with van der Waals surface area (Å²) in [5.41, 5.74) is 3.92. The maximum Gasteiger partial charge on any atom is 0.154 e. The van der Waals surface area contributed by atoms with E-state index in [0.717, 1.165) is 47.2 Å². The van der Waals surface area contributed by atoms with Gasteiger partial charge in [0.15, 0.2) is 5.65 Å². The van der Waals surface area contributed by atoms with Gasteiger partial charge >= 0.3 is 0 Å². The van der Waals surface area contributed by atoms with Crippen molar-refractivity contribution >= 4 is 11.5 Å². The molecule has 0 bridgehead atoms. The van der Waals surface area contributed by atoms with Crippen molar-refractivity contribution < 1.29 is 4.74 Å². The number of fused-ring (bicyclic) bond motifs is 1. The molecule has 1 saturated heterocycles. The van der Waals surface area contributed by atoms with E-state index in [9.17, 15) is 0 Å². The number of aromatic amines is 1. The fourth-order valence-corrected chi connectivity index (χ4v) is 3.82. The van der Waals surface area contributed by atoms with E-state index in [2.05, 4.69) is 58.0 Å². The molecule has 1 N–H and O–H groups in total. The highest BCUT2D eigenvalue weighted by Crippen LogP contribution is 2.25. The Morgan fingerprint density at radius 1 is 0.964 bits per heavy atom. The van der Waals surface area contributed by atoms with Crippen LogP contribution in [0.5, 0.6) is 0 Å². The third-order valence-corrected chi connectivity index (χ3v) is 5.04. The Hall–Kier alpha value is -3.19. The van der Waals surface area contributed by atoms with Gasteiger partial charge in [0.05, 0.1) is 24.1 Å². The van der Waals surface area contributed by atoms with Gasteiger partial charge in [-0.3, -0.25) is 0 Å². The van der Waals surface area contributed by atoms with Gasteiger partial charge in [-0.1, -0.05) is 24.3 Å². The molecule has 4 aromatic rings. The van der Waals surface area contributed by atoms with Gasteiger partial charge in [0, 0.05) is 36.6 Å². The second-order valence-corrected chi connectivity index (χ2v) is 7.28. The van der Waals surface area contributed by atoms with Crippen molar-refractivity contribution in [2.24, 2.45) is 0 Å². The molecule has 28 heavy (non-hydrogen) atoms. The van der Waals surface area contributed by atoms with Crippen LogP contribution in [0.3, 0.4) is 0 Å². The predicted molar refractivity (Wildman–Crippen MR) is 108 cm³/mol. The van der Waals surface area contributed by atoms with Gasteiger partial charge in [-0.2, -0.15) is 0 Å². The van der Waals surface area contributed by atoms with E-state index in [1.165, 1.54) is 0 Å². The lowest BCUT2D eigenvalue weighted by Crippen LogP contribution is -2.46. The van der Waals surface area contributed by atoms with Crippen LogP contribution in [-0.2, 0) is 4.74 Å². The summed E-state index contributed by atoms with van der Waals surface area (Å²) in [6, 6.07) is 12.3. The molecule has 4 heterocycles. The molecule has 0 aliphatic carbocycles. The summed E-state index contributed by atoms with van der Waals surface area (Å²) in [4.78, 5) is 14.2. The molecule has 0 saturated carbocycles. The first kappa shape index (κ1) is 16.9. The van der Waals surface area contributed by atoms with Crippen molar-refractivity contribution in [2.45, 2.75) is 26.1 Å². The highest BCUT2D eigenvalue weighted by atomic mass is 16.5. The highest BCUT2D eigenvalue weighted by molar-refractivity contribution is 5.67. The number of morpholine rings is 1. The first-order chi connectivity index (χ1) is 13.7. The molecule has 7 heteroatoms. The maximum atomic E-state index is 5.85. The molecule has 0 unspecified atom stereocenters. The number of H-pyrrole nitrogens is 1. The zero-order valence-electron chi connectivity index (χ0n) is 15.9. The summed E-state index contributed by atoms with van der Waals surface area (Å²) in [5, 5.41) is 4.88. The zero-order chi connectivity index (χ0) is 19.1. The third kappa shape index (κ3) is 3.03. The lowest BCUT2D eigenvalue weighted by Gasteiger charge is -2.35. The van der Waals surface area contributed by atoms with E-state index in [1.54, 1.807) is 6.20 Å². The number of aromatic nitrogens is 5. The number of hydrogen-bond donors (Lipinski definition) is 1. The van der Waals surface area contributed by atoms with Crippen LogP contribution >= 0.6 is 0 Å². The fourth-order valence-electron chi connectivity index (χ4n) is 3.82. The van der Waals surface area contributed by atoms with Gasteiger partial charge in [0.1, 0.15) is 11.6 Å². The molecule has 1 fully saturated rings. The number of hydrogen-bond acceptors (Lipinski definition) is 5. The number of benzene rings is 1. The molecular formula is C21H22N6O. The van der Waals surface area contributed by atoms with Gasteiger partial charge in [-0.05, 0) is 26.0 Å². The largest absolute Gasteiger partial charge is 0.372 e. The number of rotatable bonds is 3. The van der Waals surface area contributed by atoms with E-state index in [-0.39, 0.29) is 12.2 Å². The van der Waals surface area contributed by atoms with Crippen molar-refractivity contribution in [3.8, 4) is 22.6 Å². The Morgan fingerprint density at radius 2 is 1.71 bits per heavy atom. The minimum atomic E-state index is 0.192. The lowest BCUT2D eigenvalue weighted by molar-refractivity contribution is -0.00551. The number of imidazole rings is 2. The van der Waals surface area contributed by atoms with Crippen LogP contribution in [0.25, 0.3) is 28.3 Å². The van der Waals surface area contributed by atoms with Crippen LogP contribution in [0.1, 0.15) is 13.8 Å². The summed E-state index contributed by atoms with van der Waals surface area (Å²) >= 11 is 0. The molecule has 3 aromatic heterocycles. The molecular weight excluding hydrogens is 352 g/mol. The Balaban J connectivity index is 1.50. The maximum absolute atomic E-state index is 5.85. The smallest absolute Gasteiger partial charge is 0.154 e. The number of anilines is 1. The second-order valence-electron chi connectivity index (χ2n) is 7.28. The molecule has 1 aromatic carbocycles. The Kier molecular flexibility index (Phi) is 4.09. The average molecular weight is 374 g/mol. The first-order valence-electron chi connectivity index (χ1n) is 9.53. The molecule has 7 nitrogen and oxygen atoms in total. The second kappa shape index (κ2) is 6.76. The van der Waals surface area contributed by atoms with Gasteiger partial charge in [0.25, 0.3) is 0 Å². The summed E-state index contributed by atoms with van der Waals surface area (Å²) in [6.07, 6.45) is 5.84. The standard InChI is InChI=1S/C21H22N6O/c1-14-12-26(13-15(2)28-14)20-8-7-19-24-11-18(27(19)25-20)16-3-5-17(6-4-16)21-22-9-10-23-21/h3-11,14-15H,12-13H2,1-2H3,(H,22,23)/t14-,15+. The van der Waals surface area contributed by atoms with Gasteiger partial charge in [-0.15, -0.1) is 5.10 Å². The van der Waals surface area contributed by atoms with Crippen LogP contribution in [-0.4, -0.2) is 49.9 Å². The zero-order valence-corrected chi connectivity index (χ0v) is 15.9. The van der Waals surface area contributed by atoms with E-state index in [1.807, 2.05) is 29.0 Å². The van der Waals surface area contributed by atoms with E-state index < -0.39 is 0 Å². The van der Waals surface area contributed by atoms with E-state index in [4.69, 9.17) is 9.84 Å². The number of ether oxygens (including phenoxy) is 1. The Morgan fingerprint density at radius 3 is 2.43 bits per heavy atom. The molecule has 0 spiro atoms. The fraction of sp³-hybridized carbons (Fsp3) is 0.286. The number of nitrogens with one attached hydrogen (secondary N) is 1. The van der Waals surface area contributed by atoms with Gasteiger partial charge in [0.2, 0.25) is 0 Å². The average Bonchev–Trinajstić information content (AvgIpc) is 3.37. The molecule has 1 aliphatic heterocycles. The predicted octanol–water partition coefficient (Wildman–Crippen LogP) is 3.40. The molecule has 142 valence electrons. The van der Waals surface area contributed by atoms with Gasteiger partial charge in [-0.25, -0.2) is 14.5 Å². The van der Waals surface area contributed by atoms with E-state index in [0.29, 0.717) is 0 Å². The van der Waals surface area contributed by atoms with Crippen molar-refractivity contribution in [2.75, 3.05) is 18.0 Å². The molecule has 1 aliphatic rings. The lowest BCUT2D eigenvalue weighted by atomic mass is 10.1.